The summed E-state index contributed by atoms with van der Waals surface area (Å²) in [6.07, 6.45) is -2.98. The molecule has 0 amide bonds. The molecule has 0 atom stereocenters. The van der Waals surface area contributed by atoms with Crippen LogP contribution in [-0.2, 0) is 0 Å². The smallest absolute Gasteiger partial charge is 0.274 e. The average molecular weight is 240 g/mol. The van der Waals surface area contributed by atoms with Crippen molar-refractivity contribution in [3.63, 3.8) is 0 Å². The molecule has 3 nitrogen and oxygen atoms in total. The van der Waals surface area contributed by atoms with Crippen LogP contribution in [0.25, 0.3) is 0 Å². The van der Waals surface area contributed by atoms with Crippen molar-refractivity contribution in [1.29, 1.82) is 0 Å². The van der Waals surface area contributed by atoms with Crippen LogP contribution in [0.5, 0.6) is 5.75 Å². The quantitative estimate of drug-likeness (QED) is 0.601. The summed E-state index contributed by atoms with van der Waals surface area (Å²) in [5.41, 5.74) is -1.41. The highest BCUT2D eigenvalue weighted by molar-refractivity contribution is 6.67. The van der Waals surface area contributed by atoms with Crippen LogP contribution < -0.4 is 4.74 Å². The lowest BCUT2D eigenvalue weighted by Gasteiger charge is -2.09. The molecule has 15 heavy (non-hydrogen) atoms. The summed E-state index contributed by atoms with van der Waals surface area (Å²) < 4.78 is 42.1. The van der Waals surface area contributed by atoms with Gasteiger partial charge in [0.1, 0.15) is 0 Å². The van der Waals surface area contributed by atoms with Crippen LogP contribution in [0.2, 0.25) is 0 Å². The van der Waals surface area contributed by atoms with E-state index in [1.54, 1.807) is 0 Å². The van der Waals surface area contributed by atoms with Crippen molar-refractivity contribution >= 4 is 16.8 Å². The molecule has 0 radical (unpaired) electrons. The number of carbonyl (C=O) groups is 1. The second kappa shape index (κ2) is 4.48. The van der Waals surface area contributed by atoms with Crippen molar-refractivity contribution in [2.45, 2.75) is 6.43 Å². The molecule has 0 fully saturated rings. The molecule has 0 saturated carbocycles. The van der Waals surface area contributed by atoms with Gasteiger partial charge in [0.25, 0.3) is 11.7 Å². The zero-order valence-electron chi connectivity index (χ0n) is 7.43. The molecule has 0 N–H and O–H groups in total. The van der Waals surface area contributed by atoms with E-state index in [4.69, 9.17) is 11.6 Å². The summed E-state index contributed by atoms with van der Waals surface area (Å²) in [5.74, 6) is -1.72. The van der Waals surface area contributed by atoms with E-state index in [0.717, 1.165) is 7.11 Å². The maximum atomic E-state index is 12.8. The van der Waals surface area contributed by atoms with Crippen LogP contribution in [-0.4, -0.2) is 17.3 Å². The van der Waals surface area contributed by atoms with Crippen LogP contribution in [0.4, 0.5) is 13.2 Å². The molecule has 7 heteroatoms. The topological polar surface area (TPSA) is 39.2 Å². The number of methoxy groups -OCH3 is 1. The summed E-state index contributed by atoms with van der Waals surface area (Å²) >= 11 is 5.04. The van der Waals surface area contributed by atoms with Gasteiger partial charge in [-0.25, -0.2) is 13.8 Å². The molecule has 1 aromatic heterocycles. The first-order chi connectivity index (χ1) is 6.97. The second-order valence-electron chi connectivity index (χ2n) is 2.49. The molecule has 0 spiro atoms. The molecule has 1 heterocycles. The third-order valence-corrected chi connectivity index (χ3v) is 1.77. The third-order valence-electron chi connectivity index (χ3n) is 1.60. The largest absolute Gasteiger partial charge is 0.494 e. The van der Waals surface area contributed by atoms with Crippen molar-refractivity contribution in [1.82, 2.24) is 4.98 Å². The van der Waals surface area contributed by atoms with E-state index >= 15 is 0 Å². The lowest BCUT2D eigenvalue weighted by atomic mass is 10.2. The normalized spacial score (nSPS) is 10.5. The first-order valence-corrected chi connectivity index (χ1v) is 4.07. The van der Waals surface area contributed by atoms with Crippen LogP contribution in [0.15, 0.2) is 6.07 Å². The molecule has 0 aromatic carbocycles. The Balaban J connectivity index is 3.45. The Hall–Kier alpha value is -1.30. The number of halogens is 4. The summed E-state index contributed by atoms with van der Waals surface area (Å²) in [5, 5.41) is -1.16. The van der Waals surface area contributed by atoms with Crippen LogP contribution in [0, 0.1) is 5.95 Å². The zero-order chi connectivity index (χ0) is 11.6. The van der Waals surface area contributed by atoms with Gasteiger partial charge in [0.05, 0.1) is 12.7 Å². The lowest BCUT2D eigenvalue weighted by molar-refractivity contribution is 0.107. The molecule has 82 valence electrons. The number of hydrogen-bond acceptors (Lipinski definition) is 3. The Kier molecular flexibility index (Phi) is 3.52. The first-order valence-electron chi connectivity index (χ1n) is 3.69. The van der Waals surface area contributed by atoms with Crippen LogP contribution in [0.1, 0.15) is 22.5 Å². The average Bonchev–Trinajstić information content (AvgIpc) is 2.16. The van der Waals surface area contributed by atoms with E-state index in [1.807, 2.05) is 0 Å². The maximum absolute atomic E-state index is 12.8. The van der Waals surface area contributed by atoms with Gasteiger partial charge in [0, 0.05) is 6.07 Å². The standard InChI is InChI=1S/C8H5ClF3NO2/c1-15-6-3(8(11)12)2-4(10)13-5(6)7(9)14/h2,8H,1H3. The number of rotatable bonds is 3. The Morgan fingerprint density at radius 2 is 2.20 bits per heavy atom. The first kappa shape index (κ1) is 11.8. The SMILES string of the molecule is COc1c(C(F)F)cc(F)nc1C(=O)Cl. The molecular formula is C8H5ClF3NO2. The van der Waals surface area contributed by atoms with E-state index in [0.29, 0.717) is 6.07 Å². The number of pyridine rings is 1. The predicted molar refractivity (Wildman–Crippen MR) is 45.9 cm³/mol. The monoisotopic (exact) mass is 239 g/mol. The maximum Gasteiger partial charge on any atom is 0.274 e. The minimum Gasteiger partial charge on any atom is -0.494 e. The summed E-state index contributed by atoms with van der Waals surface area (Å²) in [6, 6.07) is 0.493. The van der Waals surface area contributed by atoms with Crippen LogP contribution >= 0.6 is 11.6 Å². The predicted octanol–water partition coefficient (Wildman–Crippen LogP) is 2.55. The van der Waals surface area contributed by atoms with Crippen molar-refractivity contribution in [2.24, 2.45) is 0 Å². The molecule has 1 aromatic rings. The lowest BCUT2D eigenvalue weighted by Crippen LogP contribution is -2.05. The molecule has 0 unspecified atom stereocenters. The molecule has 0 aliphatic rings. The molecule has 0 saturated heterocycles. The number of ether oxygens (including phenoxy) is 1. The van der Waals surface area contributed by atoms with Crippen molar-refractivity contribution in [2.75, 3.05) is 7.11 Å². The van der Waals surface area contributed by atoms with E-state index in [-0.39, 0.29) is 0 Å². The van der Waals surface area contributed by atoms with Crippen LogP contribution in [0.3, 0.4) is 0 Å². The van der Waals surface area contributed by atoms with Crippen molar-refractivity contribution in [3.05, 3.63) is 23.3 Å². The molecule has 1 rings (SSSR count). The van der Waals surface area contributed by atoms with Gasteiger partial charge in [-0.15, -0.1) is 0 Å². The number of nitrogens with zero attached hydrogens (tertiary/aromatic N) is 1. The van der Waals surface area contributed by atoms with E-state index < -0.39 is 34.6 Å². The molecule has 0 aliphatic carbocycles. The fourth-order valence-electron chi connectivity index (χ4n) is 1.03. The minimum atomic E-state index is -2.98. The fourth-order valence-corrected chi connectivity index (χ4v) is 1.16. The highest BCUT2D eigenvalue weighted by atomic mass is 35.5. The second-order valence-corrected chi connectivity index (χ2v) is 2.83. The van der Waals surface area contributed by atoms with E-state index in [9.17, 15) is 18.0 Å². The summed E-state index contributed by atoms with van der Waals surface area (Å²) in [4.78, 5) is 13.8. The van der Waals surface area contributed by atoms with Gasteiger partial charge in [0.15, 0.2) is 11.4 Å². The zero-order valence-corrected chi connectivity index (χ0v) is 8.19. The molecular weight excluding hydrogens is 235 g/mol. The van der Waals surface area contributed by atoms with Gasteiger partial charge in [-0.1, -0.05) is 0 Å². The van der Waals surface area contributed by atoms with E-state index in [1.165, 1.54) is 0 Å². The fraction of sp³-hybridized carbons (Fsp3) is 0.250. The van der Waals surface area contributed by atoms with E-state index in [2.05, 4.69) is 9.72 Å². The number of hydrogen-bond donors (Lipinski definition) is 0. The summed E-state index contributed by atoms with van der Waals surface area (Å²) in [6.45, 7) is 0. The third kappa shape index (κ3) is 2.38. The number of alkyl halides is 2. The molecule has 0 aliphatic heterocycles. The Morgan fingerprint density at radius 3 is 2.60 bits per heavy atom. The van der Waals surface area contributed by atoms with Gasteiger partial charge in [0.2, 0.25) is 5.95 Å². The minimum absolute atomic E-state index is 0.493. The highest BCUT2D eigenvalue weighted by Crippen LogP contribution is 2.32. The van der Waals surface area contributed by atoms with Gasteiger partial charge < -0.3 is 4.74 Å². The molecule has 0 bridgehead atoms. The Labute approximate surface area is 87.8 Å². The van der Waals surface area contributed by atoms with Gasteiger partial charge in [-0.05, 0) is 11.6 Å². The Morgan fingerprint density at radius 1 is 1.60 bits per heavy atom. The number of aromatic nitrogens is 1. The van der Waals surface area contributed by atoms with Gasteiger partial charge >= 0.3 is 0 Å². The highest BCUT2D eigenvalue weighted by Gasteiger charge is 2.23. The van der Waals surface area contributed by atoms with Gasteiger partial charge in [-0.2, -0.15) is 4.39 Å². The Bertz CT molecular complexity index is 398. The van der Waals surface area contributed by atoms with Crippen molar-refractivity contribution in [3.8, 4) is 5.75 Å². The van der Waals surface area contributed by atoms with Gasteiger partial charge in [-0.3, -0.25) is 4.79 Å². The van der Waals surface area contributed by atoms with Crippen molar-refractivity contribution < 1.29 is 22.7 Å². The number of carbonyl (C=O) groups excluding carboxylic acids is 1. The summed E-state index contributed by atoms with van der Waals surface area (Å²) in [7, 11) is 1.06.